The van der Waals surface area contributed by atoms with Crippen LogP contribution in [0.5, 0.6) is 0 Å². The highest BCUT2D eigenvalue weighted by Gasteiger charge is 2.23. The van der Waals surface area contributed by atoms with E-state index in [0.29, 0.717) is 19.3 Å². The Bertz CT molecular complexity index is 943. The molecule has 0 aliphatic rings. The summed E-state index contributed by atoms with van der Waals surface area (Å²) in [7, 11) is -4.79. The molecule has 0 radical (unpaired) electrons. The first-order valence-corrected chi connectivity index (χ1v) is 21.3. The third kappa shape index (κ3) is 36.0. The van der Waals surface area contributed by atoms with Crippen molar-refractivity contribution in [3.05, 3.63) is 36.5 Å². The number of aliphatic hydroxyl groups is 1. The normalized spacial score (nSPS) is 14.1. The van der Waals surface area contributed by atoms with Gasteiger partial charge in [0.15, 0.2) is 6.10 Å². The highest BCUT2D eigenvalue weighted by atomic mass is 31.2. The zero-order chi connectivity index (χ0) is 37.1. The van der Waals surface area contributed by atoms with Gasteiger partial charge in [-0.3, -0.25) is 14.1 Å². The average molecular weight is 729 g/mol. The molecule has 0 aromatic heterocycles. The van der Waals surface area contributed by atoms with Crippen LogP contribution in [0.2, 0.25) is 0 Å². The van der Waals surface area contributed by atoms with Crippen LogP contribution in [-0.2, 0) is 28.2 Å². The number of hydrogen-bond acceptors (Lipinski definition) is 7. The Labute approximate surface area is 304 Å². The van der Waals surface area contributed by atoms with E-state index in [2.05, 4.69) is 37.4 Å². The van der Waals surface area contributed by atoms with Crippen molar-refractivity contribution in [2.24, 2.45) is 5.92 Å². The summed E-state index contributed by atoms with van der Waals surface area (Å²) in [5.41, 5.74) is 0. The fraction of sp³-hybridized carbons (Fsp3) is 0.800. The molecule has 0 amide bonds. The van der Waals surface area contributed by atoms with E-state index < -0.39 is 38.6 Å². The molecule has 0 aliphatic heterocycles. The molecule has 0 saturated heterocycles. The minimum Gasteiger partial charge on any atom is -0.462 e. The molecule has 10 heteroatoms. The number of aliphatic hydroxyl groups excluding tert-OH is 1. The molecule has 0 heterocycles. The summed E-state index contributed by atoms with van der Waals surface area (Å²) in [5.74, 6) is -0.244. The second-order valence-corrected chi connectivity index (χ2v) is 14.9. The Morgan fingerprint density at radius 2 is 1.28 bits per heavy atom. The van der Waals surface area contributed by atoms with E-state index in [0.717, 1.165) is 38.0 Å². The molecule has 0 bridgehead atoms. The van der Waals surface area contributed by atoms with Gasteiger partial charge in [0.05, 0.1) is 12.7 Å². The molecule has 9 nitrogen and oxygen atoms in total. The number of hydrogen-bond donors (Lipinski definition) is 3. The molecule has 0 spiro atoms. The Kier molecular flexibility index (Phi) is 33.1. The molecule has 0 rings (SSSR count). The molecule has 3 N–H and O–H groups in total. The fourth-order valence-electron chi connectivity index (χ4n) is 5.42. The number of allylic oxidation sites excluding steroid dienone is 5. The van der Waals surface area contributed by atoms with Crippen molar-refractivity contribution in [2.75, 3.05) is 13.2 Å². The van der Waals surface area contributed by atoms with Gasteiger partial charge in [-0.25, -0.2) is 4.57 Å². The highest BCUT2D eigenvalue weighted by molar-refractivity contribution is 7.46. The second kappa shape index (κ2) is 34.3. The highest BCUT2D eigenvalue weighted by Crippen LogP contribution is 2.36. The van der Waals surface area contributed by atoms with Crippen molar-refractivity contribution in [3.63, 3.8) is 0 Å². The van der Waals surface area contributed by atoms with Crippen LogP contribution >= 0.6 is 7.82 Å². The number of unbranched alkanes of at least 4 members (excludes halogenated alkanes) is 15. The van der Waals surface area contributed by atoms with Crippen molar-refractivity contribution >= 4 is 19.8 Å². The van der Waals surface area contributed by atoms with Gasteiger partial charge in [-0.1, -0.05) is 160 Å². The lowest BCUT2D eigenvalue weighted by atomic mass is 9.99. The van der Waals surface area contributed by atoms with Crippen LogP contribution in [0.3, 0.4) is 0 Å². The van der Waals surface area contributed by atoms with Crippen LogP contribution in [0.25, 0.3) is 0 Å². The van der Waals surface area contributed by atoms with Crippen LogP contribution in [0, 0.1) is 5.92 Å². The zero-order valence-electron chi connectivity index (χ0n) is 31.8. The molecule has 2 unspecified atom stereocenters. The zero-order valence-corrected chi connectivity index (χ0v) is 32.7. The van der Waals surface area contributed by atoms with Gasteiger partial charge in [0.1, 0.15) is 6.61 Å². The van der Waals surface area contributed by atoms with E-state index in [4.69, 9.17) is 19.3 Å². The summed E-state index contributed by atoms with van der Waals surface area (Å²) in [4.78, 5) is 42.8. The van der Waals surface area contributed by atoms with Gasteiger partial charge in [-0.15, -0.1) is 0 Å². The first-order valence-electron chi connectivity index (χ1n) is 19.8. The van der Waals surface area contributed by atoms with E-state index >= 15 is 0 Å². The number of phosphoric ester groups is 1. The minimum atomic E-state index is -4.79. The fourth-order valence-corrected chi connectivity index (χ4v) is 5.78. The lowest BCUT2D eigenvalue weighted by Gasteiger charge is -2.18. The first kappa shape index (κ1) is 48.2. The number of ether oxygens (including phenoxy) is 2. The molecular formula is C40H73O9P. The predicted octanol–water partition coefficient (Wildman–Crippen LogP) is 10.6. The number of esters is 2. The van der Waals surface area contributed by atoms with Crippen LogP contribution in [0.1, 0.15) is 175 Å². The molecule has 0 aromatic carbocycles. The van der Waals surface area contributed by atoms with Crippen molar-refractivity contribution < 1.29 is 43.0 Å². The van der Waals surface area contributed by atoms with Crippen molar-refractivity contribution in [1.29, 1.82) is 0 Å². The topological polar surface area (TPSA) is 140 Å². The van der Waals surface area contributed by atoms with Crippen LogP contribution in [0.4, 0.5) is 0 Å². The van der Waals surface area contributed by atoms with Gasteiger partial charge in [0.25, 0.3) is 0 Å². The average Bonchev–Trinajstić information content (AvgIpc) is 3.07. The molecule has 0 saturated carbocycles. The van der Waals surface area contributed by atoms with Crippen LogP contribution < -0.4 is 0 Å². The third-order valence-electron chi connectivity index (χ3n) is 8.81. The molecule has 0 aromatic rings. The summed E-state index contributed by atoms with van der Waals surface area (Å²) in [6, 6.07) is 0. The van der Waals surface area contributed by atoms with E-state index in [1.54, 1.807) is 12.2 Å². The second-order valence-electron chi connectivity index (χ2n) is 13.7. The Balaban J connectivity index is 4.15. The third-order valence-corrected chi connectivity index (χ3v) is 9.29. The molecule has 3 atom stereocenters. The lowest BCUT2D eigenvalue weighted by Crippen LogP contribution is -2.29. The molecule has 0 aliphatic carbocycles. The van der Waals surface area contributed by atoms with Crippen molar-refractivity contribution in [1.82, 2.24) is 0 Å². The van der Waals surface area contributed by atoms with Gasteiger partial charge in [-0.05, 0) is 44.4 Å². The minimum absolute atomic E-state index is 0.0440. The SMILES string of the molecule is CCCCCCCC/C=C/C/C=C/C=C/C(O)CCCC(=O)OC[C@H](COP(=O)(O)O)OC(=O)CCCCCCCCCCCCC(C)CC. The molecule has 50 heavy (non-hydrogen) atoms. The molecule has 0 fully saturated rings. The quantitative estimate of drug-likeness (QED) is 0.0191. The predicted molar refractivity (Wildman–Crippen MR) is 204 cm³/mol. The van der Waals surface area contributed by atoms with E-state index in [9.17, 15) is 19.3 Å². The first-order chi connectivity index (χ1) is 24.1. The van der Waals surface area contributed by atoms with Gasteiger partial charge >= 0.3 is 19.8 Å². The summed E-state index contributed by atoms with van der Waals surface area (Å²) >= 11 is 0. The summed E-state index contributed by atoms with van der Waals surface area (Å²) in [6.45, 7) is 5.84. The van der Waals surface area contributed by atoms with E-state index in [1.807, 2.05) is 12.2 Å². The maximum absolute atomic E-state index is 12.4. The number of carbonyl (C=O) groups excluding carboxylic acids is 2. The molecular weight excluding hydrogens is 655 g/mol. The molecule has 292 valence electrons. The summed E-state index contributed by atoms with van der Waals surface area (Å²) < 4.78 is 26.2. The van der Waals surface area contributed by atoms with Gasteiger partial charge in [0, 0.05) is 12.8 Å². The maximum atomic E-state index is 12.4. The summed E-state index contributed by atoms with van der Waals surface area (Å²) in [5, 5.41) is 10.2. The van der Waals surface area contributed by atoms with Gasteiger partial charge in [0.2, 0.25) is 0 Å². The monoisotopic (exact) mass is 728 g/mol. The summed E-state index contributed by atoms with van der Waals surface area (Å²) in [6.07, 6.45) is 34.7. The van der Waals surface area contributed by atoms with Crippen LogP contribution in [0.15, 0.2) is 36.5 Å². The van der Waals surface area contributed by atoms with E-state index in [1.165, 1.54) is 89.9 Å². The van der Waals surface area contributed by atoms with Gasteiger partial charge in [-0.2, -0.15) is 0 Å². The Morgan fingerprint density at radius 1 is 0.680 bits per heavy atom. The standard InChI is InChI=1S/C40H73O9P/c1-4-6-7-8-9-10-11-12-13-17-20-23-26-30-37(41)31-28-33-39(42)47-34-38(35-48-50(44,45)46)49-40(43)32-27-24-21-18-15-14-16-19-22-25-29-36(3)5-2/h12-13,20,23,26,30,36-38,41H,4-11,14-19,21-22,24-25,27-29,31-35H2,1-3H3,(H2,44,45,46)/b13-12+,23-20+,30-26+/t36?,37?,38-/m1/s1. The van der Waals surface area contributed by atoms with E-state index in [-0.39, 0.29) is 19.4 Å². The smallest absolute Gasteiger partial charge is 0.462 e. The largest absolute Gasteiger partial charge is 0.469 e. The Hall–Kier alpha value is -1.77. The Morgan fingerprint density at radius 3 is 1.92 bits per heavy atom. The van der Waals surface area contributed by atoms with Crippen molar-refractivity contribution in [2.45, 2.75) is 187 Å². The van der Waals surface area contributed by atoms with Crippen LogP contribution in [-0.4, -0.2) is 52.3 Å². The lowest BCUT2D eigenvalue weighted by molar-refractivity contribution is -0.161. The number of carbonyl (C=O) groups is 2. The maximum Gasteiger partial charge on any atom is 0.469 e. The number of rotatable bonds is 35. The number of phosphoric acid groups is 1. The van der Waals surface area contributed by atoms with Crippen molar-refractivity contribution in [3.8, 4) is 0 Å². The van der Waals surface area contributed by atoms with Gasteiger partial charge < -0.3 is 24.4 Å².